The number of nitrogens with zero attached hydrogens (tertiary/aromatic N) is 2. The van der Waals surface area contributed by atoms with Crippen LogP contribution in [0.2, 0.25) is 5.02 Å². The molecule has 5 nitrogen and oxygen atoms in total. The maximum absolute atomic E-state index is 12.7. The molecule has 0 aliphatic heterocycles. The summed E-state index contributed by atoms with van der Waals surface area (Å²) < 4.78 is 0. The lowest BCUT2D eigenvalue weighted by Gasteiger charge is -2.45. The zero-order valence-electron chi connectivity index (χ0n) is 20.7. The van der Waals surface area contributed by atoms with Gasteiger partial charge in [-0.3, -0.25) is 9.59 Å². The normalized spacial score (nSPS) is 20.2. The van der Waals surface area contributed by atoms with Gasteiger partial charge in [-0.2, -0.15) is 0 Å². The van der Waals surface area contributed by atoms with Crippen LogP contribution in [0.4, 0.5) is 0 Å². The Kier molecular flexibility index (Phi) is 9.54. The Bertz CT molecular complexity index is 940. The lowest BCUT2D eigenvalue weighted by Crippen LogP contribution is -2.52. The Morgan fingerprint density at radius 3 is 2.29 bits per heavy atom. The molecule has 0 heterocycles. The van der Waals surface area contributed by atoms with E-state index in [0.29, 0.717) is 13.1 Å². The number of hydrogen-bond donors (Lipinski definition) is 1. The summed E-state index contributed by atoms with van der Waals surface area (Å²) in [6.45, 7) is 3.19. The molecule has 0 bridgehead atoms. The number of carbonyl (C=O) groups excluding carboxylic acids is 2. The molecule has 2 aromatic rings. The van der Waals surface area contributed by atoms with E-state index < -0.39 is 0 Å². The highest BCUT2D eigenvalue weighted by atomic mass is 35.5. The highest BCUT2D eigenvalue weighted by Crippen LogP contribution is 2.36. The largest absolute Gasteiger partial charge is 0.353 e. The first kappa shape index (κ1) is 26.2. The molecule has 6 heteroatoms. The number of hydrogen-bond acceptors (Lipinski definition) is 3. The van der Waals surface area contributed by atoms with Crippen LogP contribution in [-0.4, -0.2) is 53.8 Å². The van der Waals surface area contributed by atoms with Gasteiger partial charge < -0.3 is 15.1 Å². The summed E-state index contributed by atoms with van der Waals surface area (Å²) in [7, 11) is 4.29. The predicted octanol–water partition coefficient (Wildman–Crippen LogP) is 5.07. The predicted molar refractivity (Wildman–Crippen MR) is 139 cm³/mol. The van der Waals surface area contributed by atoms with Crippen molar-refractivity contribution in [1.82, 2.24) is 15.1 Å². The van der Waals surface area contributed by atoms with Gasteiger partial charge in [0.1, 0.15) is 0 Å². The summed E-state index contributed by atoms with van der Waals surface area (Å²) >= 11 is 6.20. The van der Waals surface area contributed by atoms with E-state index >= 15 is 0 Å². The van der Waals surface area contributed by atoms with Crippen LogP contribution >= 0.6 is 11.6 Å². The molecule has 2 amide bonds. The maximum Gasteiger partial charge on any atom is 0.223 e. The molecule has 0 radical (unpaired) electrons. The second-order valence-electron chi connectivity index (χ2n) is 9.66. The highest BCUT2D eigenvalue weighted by Gasteiger charge is 2.37. The number of amides is 2. The third-order valence-electron chi connectivity index (χ3n) is 7.17. The third-order valence-corrected chi connectivity index (χ3v) is 7.40. The molecule has 1 saturated carbocycles. The third kappa shape index (κ3) is 7.31. The number of nitrogens with one attached hydrogen (secondary N) is 1. The van der Waals surface area contributed by atoms with Crippen molar-refractivity contribution in [2.45, 2.75) is 70.0 Å². The molecule has 0 atom stereocenters. The Morgan fingerprint density at radius 1 is 1.00 bits per heavy atom. The molecule has 0 spiro atoms. The van der Waals surface area contributed by atoms with E-state index in [1.807, 2.05) is 54.3 Å². The minimum atomic E-state index is -0.0266. The lowest BCUT2D eigenvalue weighted by molar-refractivity contribution is -0.134. The Balaban J connectivity index is 1.46. The first-order valence-electron chi connectivity index (χ1n) is 12.3. The van der Waals surface area contributed by atoms with Gasteiger partial charge in [0.2, 0.25) is 11.8 Å². The molecule has 0 aromatic heterocycles. The van der Waals surface area contributed by atoms with Gasteiger partial charge >= 0.3 is 0 Å². The second-order valence-corrected chi connectivity index (χ2v) is 10.1. The summed E-state index contributed by atoms with van der Waals surface area (Å²) in [6, 6.07) is 18.2. The quantitative estimate of drug-likeness (QED) is 0.513. The van der Waals surface area contributed by atoms with Crippen molar-refractivity contribution in [1.29, 1.82) is 0 Å². The van der Waals surface area contributed by atoms with Crippen LogP contribution in [0.15, 0.2) is 54.6 Å². The Labute approximate surface area is 209 Å². The molecule has 0 saturated heterocycles. The fourth-order valence-corrected chi connectivity index (χ4v) is 5.18. The van der Waals surface area contributed by atoms with E-state index in [1.54, 1.807) is 0 Å². The maximum atomic E-state index is 12.7. The van der Waals surface area contributed by atoms with Crippen molar-refractivity contribution in [3.8, 4) is 0 Å². The summed E-state index contributed by atoms with van der Waals surface area (Å²) in [6.07, 6.45) is 5.33. The van der Waals surface area contributed by atoms with Crippen LogP contribution in [0.25, 0.3) is 0 Å². The summed E-state index contributed by atoms with van der Waals surface area (Å²) in [5, 5.41) is 3.95. The zero-order valence-corrected chi connectivity index (χ0v) is 21.5. The Hall–Kier alpha value is -2.37. The average molecular weight is 484 g/mol. The fourth-order valence-electron chi connectivity index (χ4n) is 4.97. The number of rotatable bonds is 10. The van der Waals surface area contributed by atoms with Crippen molar-refractivity contribution < 1.29 is 9.59 Å². The van der Waals surface area contributed by atoms with Gasteiger partial charge in [-0.15, -0.1) is 0 Å². The smallest absolute Gasteiger partial charge is 0.223 e. The van der Waals surface area contributed by atoms with Crippen molar-refractivity contribution in [2.24, 2.45) is 0 Å². The number of halogens is 1. The average Bonchev–Trinajstić information content (AvgIpc) is 2.83. The molecule has 1 aliphatic rings. The van der Waals surface area contributed by atoms with Crippen LogP contribution in [0.1, 0.15) is 56.6 Å². The molecule has 2 aromatic carbocycles. The van der Waals surface area contributed by atoms with Gasteiger partial charge in [0.15, 0.2) is 0 Å². The molecule has 1 fully saturated rings. The van der Waals surface area contributed by atoms with E-state index in [9.17, 15) is 9.59 Å². The van der Waals surface area contributed by atoms with Crippen molar-refractivity contribution in [3.63, 3.8) is 0 Å². The van der Waals surface area contributed by atoms with Crippen LogP contribution in [0, 0.1) is 0 Å². The van der Waals surface area contributed by atoms with Crippen molar-refractivity contribution in [3.05, 3.63) is 70.7 Å². The number of likely N-dealkylation sites (N-methyl/N-ethyl adjacent to an activating group) is 1. The van der Waals surface area contributed by atoms with Gasteiger partial charge in [-0.25, -0.2) is 0 Å². The number of benzene rings is 2. The molecular weight excluding hydrogens is 446 g/mol. The topological polar surface area (TPSA) is 52.7 Å². The molecule has 3 rings (SSSR count). The van der Waals surface area contributed by atoms with Crippen LogP contribution in [0.3, 0.4) is 0 Å². The molecule has 1 aliphatic carbocycles. The lowest BCUT2D eigenvalue weighted by atomic mass is 9.75. The first-order chi connectivity index (χ1) is 16.3. The van der Waals surface area contributed by atoms with Crippen LogP contribution in [0.5, 0.6) is 0 Å². The monoisotopic (exact) mass is 483 g/mol. The summed E-state index contributed by atoms with van der Waals surface area (Å²) in [5.74, 6) is -0.000368. The molecule has 184 valence electrons. The van der Waals surface area contributed by atoms with Gasteiger partial charge in [-0.05, 0) is 76.4 Å². The molecule has 0 unspecified atom stereocenters. The van der Waals surface area contributed by atoms with E-state index in [0.717, 1.165) is 42.7 Å². The van der Waals surface area contributed by atoms with Gasteiger partial charge in [0.25, 0.3) is 0 Å². The van der Waals surface area contributed by atoms with Crippen LogP contribution in [-0.2, 0) is 22.6 Å². The molecule has 34 heavy (non-hydrogen) atoms. The summed E-state index contributed by atoms with van der Waals surface area (Å²) in [5.41, 5.74) is 2.42. The van der Waals surface area contributed by atoms with E-state index in [1.165, 1.54) is 5.56 Å². The van der Waals surface area contributed by atoms with E-state index in [2.05, 4.69) is 36.4 Å². The first-order valence-corrected chi connectivity index (χ1v) is 12.7. The minimum absolute atomic E-state index is 0.0262. The van der Waals surface area contributed by atoms with E-state index in [-0.39, 0.29) is 36.2 Å². The highest BCUT2D eigenvalue weighted by molar-refractivity contribution is 6.30. The van der Waals surface area contributed by atoms with Gasteiger partial charge in [0, 0.05) is 42.5 Å². The van der Waals surface area contributed by atoms with Gasteiger partial charge in [0.05, 0.1) is 0 Å². The van der Waals surface area contributed by atoms with Crippen LogP contribution < -0.4 is 5.32 Å². The molecular formula is C28H38ClN3O2. The standard InChI is InChI=1S/C28H38ClN3O2/c1-4-32(21-22-9-6-5-7-10-22)27(34)14-13-26(33)30-25-15-17-28(18-16-25,31(2)3)20-23-11-8-12-24(29)19-23/h5-12,19,25H,4,13-18,20-21H2,1-3H3,(H,30,33). The van der Waals surface area contributed by atoms with Crippen molar-refractivity contribution >= 4 is 23.4 Å². The van der Waals surface area contributed by atoms with E-state index in [4.69, 9.17) is 11.6 Å². The molecule has 1 N–H and O–H groups in total. The second kappa shape index (κ2) is 12.4. The number of carbonyl (C=O) groups is 2. The van der Waals surface area contributed by atoms with Crippen molar-refractivity contribution in [2.75, 3.05) is 20.6 Å². The minimum Gasteiger partial charge on any atom is -0.353 e. The Morgan fingerprint density at radius 2 is 1.68 bits per heavy atom. The van der Waals surface area contributed by atoms with Gasteiger partial charge in [-0.1, -0.05) is 54.1 Å². The zero-order chi connectivity index (χ0) is 24.6. The SMILES string of the molecule is CCN(Cc1ccccc1)C(=O)CCC(=O)NC1CCC(Cc2cccc(Cl)c2)(N(C)C)CC1. The fraction of sp³-hybridized carbons (Fsp3) is 0.500. The summed E-state index contributed by atoms with van der Waals surface area (Å²) in [4.78, 5) is 29.4.